The molecule has 3 heterocycles. The summed E-state index contributed by atoms with van der Waals surface area (Å²) in [6.07, 6.45) is 0.755. The molecule has 23 heavy (non-hydrogen) atoms. The van der Waals surface area contributed by atoms with Crippen molar-refractivity contribution in [1.29, 1.82) is 0 Å². The molecule has 4 nitrogen and oxygen atoms in total. The van der Waals surface area contributed by atoms with Crippen molar-refractivity contribution in [3.63, 3.8) is 0 Å². The minimum atomic E-state index is -4.48. The van der Waals surface area contributed by atoms with E-state index >= 15 is 0 Å². The summed E-state index contributed by atoms with van der Waals surface area (Å²) in [5.74, 6) is -0.227. The molecule has 0 saturated carbocycles. The monoisotopic (exact) mass is 327 g/mol. The molecule has 2 aliphatic heterocycles. The number of amides is 1. The predicted octanol–water partition coefficient (Wildman–Crippen LogP) is 2.71. The molecule has 0 aliphatic carbocycles. The summed E-state index contributed by atoms with van der Waals surface area (Å²) >= 11 is 0. The van der Waals surface area contributed by atoms with Crippen LogP contribution in [0.15, 0.2) is 18.3 Å². The van der Waals surface area contributed by atoms with Gasteiger partial charge in [0.1, 0.15) is 5.69 Å². The third kappa shape index (κ3) is 3.49. The van der Waals surface area contributed by atoms with Crippen LogP contribution in [0.4, 0.5) is 13.2 Å². The summed E-state index contributed by atoms with van der Waals surface area (Å²) in [5, 5.41) is 3.35. The van der Waals surface area contributed by atoms with Crippen LogP contribution in [-0.4, -0.2) is 42.0 Å². The molecule has 0 radical (unpaired) electrons. The molecule has 1 spiro atoms. The van der Waals surface area contributed by atoms with E-state index in [1.807, 2.05) is 0 Å². The first-order valence-corrected chi connectivity index (χ1v) is 7.93. The molecule has 1 aromatic rings. The topological polar surface area (TPSA) is 45.2 Å². The number of nitrogens with one attached hydrogen (secondary N) is 1. The van der Waals surface area contributed by atoms with Gasteiger partial charge in [0.05, 0.1) is 5.56 Å². The molecule has 3 rings (SSSR count). The number of rotatable bonds is 1. The predicted molar refractivity (Wildman–Crippen MR) is 78.9 cm³/mol. The Bertz CT molecular complexity index is 555. The van der Waals surface area contributed by atoms with E-state index in [1.165, 1.54) is 6.07 Å². The van der Waals surface area contributed by atoms with Gasteiger partial charge in [0.15, 0.2) is 0 Å². The van der Waals surface area contributed by atoms with Gasteiger partial charge < -0.3 is 10.2 Å². The van der Waals surface area contributed by atoms with Gasteiger partial charge in [-0.15, -0.1) is 0 Å². The normalized spacial score (nSPS) is 21.4. The van der Waals surface area contributed by atoms with E-state index in [0.29, 0.717) is 18.5 Å². The van der Waals surface area contributed by atoms with E-state index in [4.69, 9.17) is 0 Å². The Balaban J connectivity index is 1.63. The van der Waals surface area contributed by atoms with Crippen LogP contribution in [0.1, 0.15) is 41.7 Å². The highest BCUT2D eigenvalue weighted by Crippen LogP contribution is 2.39. The molecular formula is C16H20F3N3O. The standard InChI is InChI=1S/C16H20F3N3O/c17-16(18,19)13-2-1-12(11-21-13)14(23)22-9-5-15(6-10-22)3-7-20-8-4-15/h1-2,11,20H,3-10H2. The number of carbonyl (C=O) groups excluding carboxylic acids is 1. The summed E-state index contributed by atoms with van der Waals surface area (Å²) in [6.45, 7) is 3.38. The lowest BCUT2D eigenvalue weighted by molar-refractivity contribution is -0.141. The van der Waals surface area contributed by atoms with Crippen molar-refractivity contribution >= 4 is 5.91 Å². The number of carbonyl (C=O) groups is 1. The number of piperidine rings is 2. The van der Waals surface area contributed by atoms with E-state index in [1.54, 1.807) is 4.90 Å². The molecule has 126 valence electrons. The Hall–Kier alpha value is -1.63. The molecule has 2 saturated heterocycles. The van der Waals surface area contributed by atoms with Crippen LogP contribution in [0.25, 0.3) is 0 Å². The second-order valence-corrected chi connectivity index (χ2v) is 6.47. The van der Waals surface area contributed by atoms with Gasteiger partial charge in [-0.25, -0.2) is 0 Å². The van der Waals surface area contributed by atoms with Gasteiger partial charge in [0, 0.05) is 19.3 Å². The summed E-state index contributed by atoms with van der Waals surface area (Å²) in [7, 11) is 0. The minimum absolute atomic E-state index is 0.222. The molecule has 0 atom stereocenters. The van der Waals surface area contributed by atoms with Crippen LogP contribution < -0.4 is 5.32 Å². The van der Waals surface area contributed by atoms with Crippen molar-refractivity contribution in [2.24, 2.45) is 5.41 Å². The molecule has 0 bridgehead atoms. The van der Waals surface area contributed by atoms with Gasteiger partial charge in [0.25, 0.3) is 5.91 Å². The Morgan fingerprint density at radius 1 is 1.13 bits per heavy atom. The largest absolute Gasteiger partial charge is 0.433 e. The molecule has 1 amide bonds. The fourth-order valence-electron chi connectivity index (χ4n) is 3.51. The number of halogens is 3. The Morgan fingerprint density at radius 3 is 2.30 bits per heavy atom. The first-order valence-electron chi connectivity index (χ1n) is 7.93. The maximum atomic E-state index is 12.5. The van der Waals surface area contributed by atoms with Crippen molar-refractivity contribution in [2.45, 2.75) is 31.9 Å². The van der Waals surface area contributed by atoms with E-state index in [2.05, 4.69) is 10.3 Å². The zero-order valence-corrected chi connectivity index (χ0v) is 12.8. The summed E-state index contributed by atoms with van der Waals surface area (Å²) in [4.78, 5) is 17.5. The summed E-state index contributed by atoms with van der Waals surface area (Å²) in [6, 6.07) is 2.08. The fourth-order valence-corrected chi connectivity index (χ4v) is 3.51. The zero-order chi connectivity index (χ0) is 16.5. The first-order chi connectivity index (χ1) is 10.9. The van der Waals surface area contributed by atoms with Gasteiger partial charge >= 0.3 is 6.18 Å². The van der Waals surface area contributed by atoms with E-state index < -0.39 is 11.9 Å². The zero-order valence-electron chi connectivity index (χ0n) is 12.8. The lowest BCUT2D eigenvalue weighted by Gasteiger charge is -2.44. The SMILES string of the molecule is O=C(c1ccc(C(F)(F)F)nc1)N1CCC2(CCNCC2)CC1. The van der Waals surface area contributed by atoms with Gasteiger partial charge in [-0.3, -0.25) is 9.78 Å². The number of aromatic nitrogens is 1. The van der Waals surface area contributed by atoms with Crippen LogP contribution in [0.3, 0.4) is 0 Å². The summed E-state index contributed by atoms with van der Waals surface area (Å²) in [5.41, 5.74) is -0.416. The third-order valence-electron chi connectivity index (χ3n) is 5.08. The molecule has 0 aromatic carbocycles. The van der Waals surface area contributed by atoms with Gasteiger partial charge in [-0.1, -0.05) is 0 Å². The summed E-state index contributed by atoms with van der Waals surface area (Å²) < 4.78 is 37.5. The molecule has 7 heteroatoms. The van der Waals surface area contributed by atoms with Crippen LogP contribution in [0, 0.1) is 5.41 Å². The maximum absolute atomic E-state index is 12.5. The smallest absolute Gasteiger partial charge is 0.339 e. The van der Waals surface area contributed by atoms with Gasteiger partial charge in [-0.2, -0.15) is 13.2 Å². The molecule has 2 aliphatic rings. The van der Waals surface area contributed by atoms with Gasteiger partial charge in [-0.05, 0) is 56.3 Å². The maximum Gasteiger partial charge on any atom is 0.433 e. The van der Waals surface area contributed by atoms with Gasteiger partial charge in [0.2, 0.25) is 0 Å². The molecule has 0 unspecified atom stereocenters. The van der Waals surface area contributed by atoms with Crippen molar-refractivity contribution in [2.75, 3.05) is 26.2 Å². The highest BCUT2D eigenvalue weighted by atomic mass is 19.4. The average Bonchev–Trinajstić information content (AvgIpc) is 2.55. The van der Waals surface area contributed by atoms with Crippen molar-refractivity contribution in [3.8, 4) is 0 Å². The fraction of sp³-hybridized carbons (Fsp3) is 0.625. The Labute approximate surface area is 133 Å². The third-order valence-corrected chi connectivity index (χ3v) is 5.08. The average molecular weight is 327 g/mol. The van der Waals surface area contributed by atoms with Crippen LogP contribution in [-0.2, 0) is 6.18 Å². The second-order valence-electron chi connectivity index (χ2n) is 6.47. The molecule has 2 fully saturated rings. The highest BCUT2D eigenvalue weighted by molar-refractivity contribution is 5.94. The van der Waals surface area contributed by atoms with Crippen molar-refractivity contribution in [1.82, 2.24) is 15.2 Å². The number of hydrogen-bond donors (Lipinski definition) is 1. The second kappa shape index (κ2) is 6.11. The van der Waals surface area contributed by atoms with Crippen molar-refractivity contribution < 1.29 is 18.0 Å². The number of hydrogen-bond acceptors (Lipinski definition) is 3. The number of likely N-dealkylation sites (tertiary alicyclic amines) is 1. The van der Waals surface area contributed by atoms with Crippen LogP contribution in [0.2, 0.25) is 0 Å². The van der Waals surface area contributed by atoms with Crippen LogP contribution in [0.5, 0.6) is 0 Å². The van der Waals surface area contributed by atoms with Crippen molar-refractivity contribution in [3.05, 3.63) is 29.6 Å². The minimum Gasteiger partial charge on any atom is -0.339 e. The first kappa shape index (κ1) is 16.2. The number of pyridine rings is 1. The Kier molecular flexibility index (Phi) is 4.31. The Morgan fingerprint density at radius 2 is 1.78 bits per heavy atom. The number of alkyl halides is 3. The van der Waals surface area contributed by atoms with E-state index in [0.717, 1.165) is 51.0 Å². The number of nitrogens with zero attached hydrogens (tertiary/aromatic N) is 2. The van der Waals surface area contributed by atoms with E-state index in [9.17, 15) is 18.0 Å². The lowest BCUT2D eigenvalue weighted by atomic mass is 9.71. The molecule has 1 aromatic heterocycles. The van der Waals surface area contributed by atoms with E-state index in [-0.39, 0.29) is 11.5 Å². The quantitative estimate of drug-likeness (QED) is 0.863. The molecule has 1 N–H and O–H groups in total. The lowest BCUT2D eigenvalue weighted by Crippen LogP contribution is -2.47. The highest BCUT2D eigenvalue weighted by Gasteiger charge is 2.37. The molecular weight excluding hydrogens is 307 g/mol. The van der Waals surface area contributed by atoms with Crippen LogP contribution >= 0.6 is 0 Å².